The van der Waals surface area contributed by atoms with Crippen LogP contribution < -0.4 is 0 Å². The van der Waals surface area contributed by atoms with Crippen LogP contribution in [-0.2, 0) is 52.2 Å². The molecule has 0 aliphatic heterocycles. The van der Waals surface area contributed by atoms with Gasteiger partial charge in [0.25, 0.3) is 0 Å². The molecule has 37 heavy (non-hydrogen) atoms. The summed E-state index contributed by atoms with van der Waals surface area (Å²) in [5, 5.41) is 0. The summed E-state index contributed by atoms with van der Waals surface area (Å²) >= 11 is 0. The van der Waals surface area contributed by atoms with E-state index in [2.05, 4.69) is 0 Å². The summed E-state index contributed by atoms with van der Waals surface area (Å²) in [5.41, 5.74) is 0. The van der Waals surface area contributed by atoms with Crippen LogP contribution in [0, 0.1) is 5.92 Å². The highest BCUT2D eigenvalue weighted by Gasteiger charge is 2.06. The SMILES string of the molecule is CC(=O)CCOCCOCCOCCOCCOCCOCCOCCOCCOCCC(=O)C(C)C. The van der Waals surface area contributed by atoms with Gasteiger partial charge in [-0.3, -0.25) is 9.59 Å². The molecule has 0 aromatic carbocycles. The molecule has 0 amide bonds. The van der Waals surface area contributed by atoms with Crippen LogP contribution in [0.1, 0.15) is 33.6 Å². The van der Waals surface area contributed by atoms with Gasteiger partial charge in [-0.05, 0) is 6.92 Å². The Balaban J connectivity index is 3.06. The molecule has 220 valence electrons. The van der Waals surface area contributed by atoms with Crippen molar-refractivity contribution in [3.05, 3.63) is 0 Å². The number of carbonyl (C=O) groups excluding carboxylic acids is 2. The van der Waals surface area contributed by atoms with E-state index < -0.39 is 0 Å². The van der Waals surface area contributed by atoms with Gasteiger partial charge in [-0.15, -0.1) is 0 Å². The second kappa shape index (κ2) is 29.5. The summed E-state index contributed by atoms with van der Waals surface area (Å²) in [4.78, 5) is 22.2. The van der Waals surface area contributed by atoms with Crippen LogP contribution in [0.25, 0.3) is 0 Å². The first-order valence-corrected chi connectivity index (χ1v) is 13.3. The van der Waals surface area contributed by atoms with Gasteiger partial charge in [-0.2, -0.15) is 0 Å². The maximum absolute atomic E-state index is 11.4. The van der Waals surface area contributed by atoms with Gasteiger partial charge in [-0.1, -0.05) is 13.8 Å². The van der Waals surface area contributed by atoms with E-state index in [0.717, 1.165) is 0 Å². The molecule has 0 aliphatic carbocycles. The lowest BCUT2D eigenvalue weighted by molar-refractivity contribution is -0.123. The molecular formula is C26H50O11. The van der Waals surface area contributed by atoms with Crippen molar-refractivity contribution in [2.75, 3.05) is 119 Å². The Morgan fingerprint density at radius 1 is 0.405 bits per heavy atom. The van der Waals surface area contributed by atoms with E-state index in [0.29, 0.717) is 132 Å². The highest BCUT2D eigenvalue weighted by atomic mass is 16.6. The smallest absolute Gasteiger partial charge is 0.137 e. The fourth-order valence-electron chi connectivity index (χ4n) is 2.54. The van der Waals surface area contributed by atoms with Crippen LogP contribution in [0.2, 0.25) is 0 Å². The third kappa shape index (κ3) is 31.1. The first-order valence-electron chi connectivity index (χ1n) is 13.3. The van der Waals surface area contributed by atoms with Crippen LogP contribution >= 0.6 is 0 Å². The highest BCUT2D eigenvalue weighted by molar-refractivity contribution is 5.80. The van der Waals surface area contributed by atoms with Gasteiger partial charge in [0.05, 0.1) is 119 Å². The Hall–Kier alpha value is -1.02. The van der Waals surface area contributed by atoms with Crippen LogP contribution in [0.3, 0.4) is 0 Å². The third-order valence-corrected chi connectivity index (χ3v) is 4.71. The number of ketones is 2. The first-order chi connectivity index (χ1) is 18.0. The third-order valence-electron chi connectivity index (χ3n) is 4.71. The van der Waals surface area contributed by atoms with E-state index >= 15 is 0 Å². The lowest BCUT2D eigenvalue weighted by atomic mass is 10.1. The molecule has 0 N–H and O–H groups in total. The Bertz CT molecular complexity index is 503. The number of rotatable bonds is 31. The van der Waals surface area contributed by atoms with Crippen LogP contribution in [0.4, 0.5) is 0 Å². The van der Waals surface area contributed by atoms with E-state index in [1.807, 2.05) is 13.8 Å². The molecule has 0 fully saturated rings. The zero-order valence-electron chi connectivity index (χ0n) is 23.2. The first kappa shape index (κ1) is 36.0. The molecule has 0 saturated carbocycles. The molecule has 0 atom stereocenters. The minimum absolute atomic E-state index is 0.0613. The summed E-state index contributed by atoms with van der Waals surface area (Å²) in [7, 11) is 0. The van der Waals surface area contributed by atoms with Crippen molar-refractivity contribution in [2.45, 2.75) is 33.6 Å². The molecule has 0 bridgehead atoms. The Morgan fingerprint density at radius 2 is 0.622 bits per heavy atom. The predicted octanol–water partition coefficient (Wildman–Crippen LogP) is 1.73. The maximum Gasteiger partial charge on any atom is 0.137 e. The number of hydrogen-bond acceptors (Lipinski definition) is 11. The Morgan fingerprint density at radius 3 is 0.838 bits per heavy atom. The molecule has 0 aromatic heterocycles. The second-order valence-electron chi connectivity index (χ2n) is 8.33. The van der Waals surface area contributed by atoms with E-state index in [1.165, 1.54) is 0 Å². The van der Waals surface area contributed by atoms with Crippen molar-refractivity contribution >= 4 is 11.6 Å². The molecule has 0 unspecified atom stereocenters. The van der Waals surface area contributed by atoms with Crippen LogP contribution in [0.15, 0.2) is 0 Å². The number of hydrogen-bond donors (Lipinski definition) is 0. The van der Waals surface area contributed by atoms with E-state index in [-0.39, 0.29) is 17.5 Å². The molecule has 0 saturated heterocycles. The number of carbonyl (C=O) groups is 2. The molecule has 0 radical (unpaired) electrons. The van der Waals surface area contributed by atoms with Gasteiger partial charge in [0.1, 0.15) is 11.6 Å². The summed E-state index contributed by atoms with van der Waals surface area (Å²) < 4.78 is 48.5. The van der Waals surface area contributed by atoms with Crippen molar-refractivity contribution in [2.24, 2.45) is 5.92 Å². The van der Waals surface area contributed by atoms with Gasteiger partial charge >= 0.3 is 0 Å². The van der Waals surface area contributed by atoms with E-state index in [9.17, 15) is 9.59 Å². The van der Waals surface area contributed by atoms with Gasteiger partial charge in [-0.25, -0.2) is 0 Å². The molecule has 11 heteroatoms. The van der Waals surface area contributed by atoms with Crippen LogP contribution in [0.5, 0.6) is 0 Å². The van der Waals surface area contributed by atoms with Crippen LogP contribution in [-0.4, -0.2) is 130 Å². The molecule has 0 aliphatic rings. The fraction of sp³-hybridized carbons (Fsp3) is 0.923. The summed E-state index contributed by atoms with van der Waals surface area (Å²) in [6, 6.07) is 0. The minimum atomic E-state index is 0.0613. The lowest BCUT2D eigenvalue weighted by Gasteiger charge is -2.09. The summed E-state index contributed by atoms with van der Waals surface area (Å²) in [5.74, 6) is 0.405. The number of Topliss-reactive ketones (excluding diaryl/α,β-unsaturated/α-hetero) is 2. The van der Waals surface area contributed by atoms with Gasteiger partial charge < -0.3 is 42.6 Å². The van der Waals surface area contributed by atoms with Crippen molar-refractivity contribution in [3.8, 4) is 0 Å². The average Bonchev–Trinajstić information content (AvgIpc) is 2.87. The Kier molecular flexibility index (Phi) is 28.7. The summed E-state index contributed by atoms with van der Waals surface area (Å²) in [6.07, 6.45) is 0.897. The normalized spacial score (nSPS) is 11.5. The maximum atomic E-state index is 11.4. The second-order valence-corrected chi connectivity index (χ2v) is 8.33. The molecule has 0 spiro atoms. The molecule has 0 aromatic rings. The van der Waals surface area contributed by atoms with Gasteiger partial charge in [0.15, 0.2) is 0 Å². The van der Waals surface area contributed by atoms with E-state index in [4.69, 9.17) is 42.6 Å². The molecule has 11 nitrogen and oxygen atoms in total. The quantitative estimate of drug-likeness (QED) is 0.120. The van der Waals surface area contributed by atoms with Crippen molar-refractivity contribution in [3.63, 3.8) is 0 Å². The molecule has 0 rings (SSSR count). The topological polar surface area (TPSA) is 117 Å². The largest absolute Gasteiger partial charge is 0.379 e. The summed E-state index contributed by atoms with van der Waals surface area (Å²) in [6.45, 7) is 14.1. The van der Waals surface area contributed by atoms with Gasteiger partial charge in [0, 0.05) is 18.8 Å². The highest BCUT2D eigenvalue weighted by Crippen LogP contribution is 1.98. The number of ether oxygens (including phenoxy) is 9. The lowest BCUT2D eigenvalue weighted by Crippen LogP contribution is -2.15. The molecule has 0 heterocycles. The Labute approximate surface area is 222 Å². The van der Waals surface area contributed by atoms with Gasteiger partial charge in [0.2, 0.25) is 0 Å². The van der Waals surface area contributed by atoms with E-state index in [1.54, 1.807) is 6.92 Å². The predicted molar refractivity (Wildman–Crippen MR) is 137 cm³/mol. The minimum Gasteiger partial charge on any atom is -0.379 e. The monoisotopic (exact) mass is 538 g/mol. The average molecular weight is 539 g/mol. The zero-order chi connectivity index (χ0) is 27.2. The molecular weight excluding hydrogens is 488 g/mol. The van der Waals surface area contributed by atoms with Crippen molar-refractivity contribution in [1.29, 1.82) is 0 Å². The van der Waals surface area contributed by atoms with Crippen molar-refractivity contribution < 1.29 is 52.2 Å². The standard InChI is InChI=1S/C26H50O11/c1-24(2)26(28)5-7-30-9-11-32-13-15-34-17-19-36-21-23-37-22-20-35-18-16-33-14-12-31-10-8-29-6-4-25(3)27/h24H,4-23H2,1-3H3. The fourth-order valence-corrected chi connectivity index (χ4v) is 2.54. The van der Waals surface area contributed by atoms with Crippen molar-refractivity contribution in [1.82, 2.24) is 0 Å². The zero-order valence-corrected chi connectivity index (χ0v) is 23.2.